The molecular weight excluding hydrogens is 296 g/mol. The van der Waals surface area contributed by atoms with Crippen LogP contribution < -0.4 is 4.72 Å². The van der Waals surface area contributed by atoms with Crippen LogP contribution in [-0.4, -0.2) is 29.5 Å². The fourth-order valence-corrected chi connectivity index (χ4v) is 2.65. The number of aromatic amines is 1. The van der Waals surface area contributed by atoms with Crippen LogP contribution in [-0.2, 0) is 10.0 Å². The number of carboxylic acids is 1. The second-order valence-electron chi connectivity index (χ2n) is 4.14. The number of pyridine rings is 1. The SMILES string of the molecule is Cc1cc(NS(=O)(=O)c2ccc(C#N)nc2)c(C(=O)O)[nH]1. The van der Waals surface area contributed by atoms with Crippen LogP contribution in [0.3, 0.4) is 0 Å². The van der Waals surface area contributed by atoms with Gasteiger partial charge in [-0.2, -0.15) is 5.26 Å². The predicted molar refractivity (Wildman–Crippen MR) is 72.2 cm³/mol. The van der Waals surface area contributed by atoms with Gasteiger partial charge in [-0.05, 0) is 25.1 Å². The molecule has 21 heavy (non-hydrogen) atoms. The van der Waals surface area contributed by atoms with Gasteiger partial charge in [0.15, 0.2) is 0 Å². The summed E-state index contributed by atoms with van der Waals surface area (Å²) in [7, 11) is -3.99. The Morgan fingerprint density at radius 1 is 1.48 bits per heavy atom. The Hall–Kier alpha value is -2.86. The van der Waals surface area contributed by atoms with Gasteiger partial charge in [-0.25, -0.2) is 18.2 Å². The number of aromatic nitrogens is 2. The molecule has 0 aromatic carbocycles. The Kier molecular flexibility index (Phi) is 3.64. The number of hydrogen-bond acceptors (Lipinski definition) is 5. The first kappa shape index (κ1) is 14.5. The third-order valence-corrected chi connectivity index (χ3v) is 3.92. The number of carbonyl (C=O) groups is 1. The first-order valence-electron chi connectivity index (χ1n) is 5.65. The Bertz CT molecular complexity index is 831. The Balaban J connectivity index is 2.37. The Labute approximate surface area is 120 Å². The van der Waals surface area contributed by atoms with Crippen molar-refractivity contribution in [2.75, 3.05) is 4.72 Å². The fraction of sp³-hybridized carbons (Fsp3) is 0.0833. The van der Waals surface area contributed by atoms with Crippen molar-refractivity contribution in [2.24, 2.45) is 0 Å². The molecule has 2 aromatic rings. The maximum absolute atomic E-state index is 12.1. The zero-order chi connectivity index (χ0) is 15.6. The number of nitrogens with zero attached hydrogens (tertiary/aromatic N) is 2. The third-order valence-electron chi connectivity index (χ3n) is 2.57. The third kappa shape index (κ3) is 3.01. The van der Waals surface area contributed by atoms with E-state index in [2.05, 4.69) is 14.7 Å². The summed E-state index contributed by atoms with van der Waals surface area (Å²) in [5.41, 5.74) is 0.266. The molecule has 0 aliphatic heterocycles. The molecule has 9 heteroatoms. The van der Waals surface area contributed by atoms with Gasteiger partial charge in [0, 0.05) is 11.9 Å². The van der Waals surface area contributed by atoms with E-state index in [0.717, 1.165) is 6.20 Å². The van der Waals surface area contributed by atoms with Gasteiger partial charge in [0.2, 0.25) is 0 Å². The quantitative estimate of drug-likeness (QED) is 0.773. The lowest BCUT2D eigenvalue weighted by Gasteiger charge is -2.07. The monoisotopic (exact) mass is 306 g/mol. The van der Waals surface area contributed by atoms with Gasteiger partial charge in [-0.15, -0.1) is 0 Å². The highest BCUT2D eigenvalue weighted by Crippen LogP contribution is 2.21. The molecule has 2 heterocycles. The molecule has 0 aliphatic rings. The Morgan fingerprint density at radius 2 is 2.19 bits per heavy atom. The summed E-state index contributed by atoms with van der Waals surface area (Å²) in [5, 5.41) is 17.6. The molecule has 0 fully saturated rings. The lowest BCUT2D eigenvalue weighted by atomic mass is 10.4. The maximum Gasteiger partial charge on any atom is 0.354 e. The second kappa shape index (κ2) is 5.26. The van der Waals surface area contributed by atoms with E-state index in [1.54, 1.807) is 13.0 Å². The van der Waals surface area contributed by atoms with E-state index in [-0.39, 0.29) is 22.0 Å². The summed E-state index contributed by atoms with van der Waals surface area (Å²) in [4.78, 5) is 17.1. The minimum atomic E-state index is -3.99. The standard InChI is InChI=1S/C12H10N4O4S/c1-7-4-10(11(15-7)12(17)18)16-21(19,20)9-3-2-8(5-13)14-6-9/h2-4,6,15-16H,1H3,(H,17,18). The van der Waals surface area contributed by atoms with Crippen molar-refractivity contribution in [2.45, 2.75) is 11.8 Å². The van der Waals surface area contributed by atoms with Gasteiger partial charge in [0.05, 0.1) is 5.69 Å². The number of aryl methyl sites for hydroxylation is 1. The van der Waals surface area contributed by atoms with Crippen molar-refractivity contribution < 1.29 is 18.3 Å². The highest BCUT2D eigenvalue weighted by Gasteiger charge is 2.20. The maximum atomic E-state index is 12.1. The van der Waals surface area contributed by atoms with Crippen LogP contribution in [0.25, 0.3) is 0 Å². The lowest BCUT2D eigenvalue weighted by Crippen LogP contribution is -2.15. The molecule has 0 unspecified atom stereocenters. The number of nitriles is 1. The summed E-state index contributed by atoms with van der Waals surface area (Å²) < 4.78 is 26.5. The number of hydrogen-bond donors (Lipinski definition) is 3. The predicted octanol–water partition coefficient (Wildman–Crippen LogP) is 1.09. The summed E-state index contributed by atoms with van der Waals surface area (Å²) in [6.45, 7) is 1.60. The van der Waals surface area contributed by atoms with Crippen LogP contribution in [0, 0.1) is 18.3 Å². The highest BCUT2D eigenvalue weighted by molar-refractivity contribution is 7.92. The number of carboxylic acid groups (broad SMARTS) is 1. The van der Waals surface area contributed by atoms with Crippen molar-refractivity contribution in [1.82, 2.24) is 9.97 Å². The molecule has 8 nitrogen and oxygen atoms in total. The van der Waals surface area contributed by atoms with Crippen LogP contribution in [0.15, 0.2) is 29.3 Å². The van der Waals surface area contributed by atoms with Crippen molar-refractivity contribution in [1.29, 1.82) is 5.26 Å². The summed E-state index contributed by atoms with van der Waals surface area (Å²) in [5.74, 6) is -1.28. The molecule has 0 spiro atoms. The molecule has 0 amide bonds. The number of nitrogens with one attached hydrogen (secondary N) is 2. The molecule has 108 valence electrons. The van der Waals surface area contributed by atoms with Crippen LogP contribution in [0.1, 0.15) is 21.9 Å². The minimum Gasteiger partial charge on any atom is -0.477 e. The zero-order valence-corrected chi connectivity index (χ0v) is 11.6. The molecular formula is C12H10N4O4S. The van der Waals surface area contributed by atoms with Gasteiger partial charge in [-0.1, -0.05) is 0 Å². The van der Waals surface area contributed by atoms with Gasteiger partial charge in [-0.3, -0.25) is 4.72 Å². The van der Waals surface area contributed by atoms with E-state index in [1.807, 2.05) is 0 Å². The fourth-order valence-electron chi connectivity index (χ4n) is 1.65. The van der Waals surface area contributed by atoms with Gasteiger partial charge in [0.1, 0.15) is 22.4 Å². The molecule has 0 aliphatic carbocycles. The first-order chi connectivity index (χ1) is 9.83. The number of rotatable bonds is 4. The summed E-state index contributed by atoms with van der Waals surface area (Å²) in [6, 6.07) is 5.62. The topological polar surface area (TPSA) is 136 Å². The molecule has 2 aromatic heterocycles. The smallest absolute Gasteiger partial charge is 0.354 e. The van der Waals surface area contributed by atoms with Crippen LogP contribution in [0.2, 0.25) is 0 Å². The van der Waals surface area contributed by atoms with Crippen molar-refractivity contribution in [3.05, 3.63) is 41.5 Å². The number of H-pyrrole nitrogens is 1. The molecule has 2 rings (SSSR count). The van der Waals surface area contributed by atoms with Crippen LogP contribution in [0.5, 0.6) is 0 Å². The molecule has 0 saturated heterocycles. The second-order valence-corrected chi connectivity index (χ2v) is 5.83. The van der Waals surface area contributed by atoms with Crippen molar-refractivity contribution in [3.63, 3.8) is 0 Å². The highest BCUT2D eigenvalue weighted by atomic mass is 32.2. The Morgan fingerprint density at radius 3 is 2.71 bits per heavy atom. The van der Waals surface area contributed by atoms with E-state index >= 15 is 0 Å². The zero-order valence-electron chi connectivity index (χ0n) is 10.8. The van der Waals surface area contributed by atoms with E-state index in [1.165, 1.54) is 18.2 Å². The van der Waals surface area contributed by atoms with E-state index < -0.39 is 16.0 Å². The average Bonchev–Trinajstić information content (AvgIpc) is 2.79. The molecule has 0 atom stereocenters. The number of sulfonamides is 1. The number of aromatic carboxylic acids is 1. The average molecular weight is 306 g/mol. The summed E-state index contributed by atoms with van der Waals surface area (Å²) in [6.07, 6.45) is 1.03. The van der Waals surface area contributed by atoms with Gasteiger partial charge >= 0.3 is 5.97 Å². The van der Waals surface area contributed by atoms with Gasteiger partial charge < -0.3 is 10.1 Å². The van der Waals surface area contributed by atoms with E-state index in [4.69, 9.17) is 10.4 Å². The van der Waals surface area contributed by atoms with E-state index in [0.29, 0.717) is 5.69 Å². The molecule has 0 bridgehead atoms. The summed E-state index contributed by atoms with van der Waals surface area (Å²) >= 11 is 0. The van der Waals surface area contributed by atoms with Crippen molar-refractivity contribution >= 4 is 21.7 Å². The normalized spacial score (nSPS) is 10.9. The van der Waals surface area contributed by atoms with Crippen LogP contribution >= 0.6 is 0 Å². The molecule has 0 radical (unpaired) electrons. The largest absolute Gasteiger partial charge is 0.477 e. The molecule has 3 N–H and O–H groups in total. The lowest BCUT2D eigenvalue weighted by molar-refractivity contribution is 0.0692. The van der Waals surface area contributed by atoms with Crippen LogP contribution in [0.4, 0.5) is 5.69 Å². The first-order valence-corrected chi connectivity index (χ1v) is 7.13. The molecule has 0 saturated carbocycles. The number of anilines is 1. The van der Waals surface area contributed by atoms with Gasteiger partial charge in [0.25, 0.3) is 10.0 Å². The minimum absolute atomic E-state index is 0.0654. The van der Waals surface area contributed by atoms with E-state index in [9.17, 15) is 13.2 Å². The van der Waals surface area contributed by atoms with Crippen molar-refractivity contribution in [3.8, 4) is 6.07 Å².